The molecule has 1 aromatic carbocycles. The SMILES string of the molecule is CC(CO[SiH](C)C(C)(C)C)Oc1ccccc1C=O. The molecule has 2 unspecified atom stereocenters. The fraction of sp³-hybridized carbons (Fsp3) is 0.533. The van der Waals surface area contributed by atoms with Crippen molar-refractivity contribution in [2.45, 2.75) is 45.4 Å². The number of benzene rings is 1. The van der Waals surface area contributed by atoms with Crippen molar-refractivity contribution in [3.05, 3.63) is 29.8 Å². The lowest BCUT2D eigenvalue weighted by Gasteiger charge is -2.27. The van der Waals surface area contributed by atoms with E-state index in [0.717, 1.165) is 6.29 Å². The van der Waals surface area contributed by atoms with E-state index in [-0.39, 0.29) is 11.1 Å². The second-order valence-electron chi connectivity index (χ2n) is 5.93. The lowest BCUT2D eigenvalue weighted by molar-refractivity contribution is 0.110. The summed E-state index contributed by atoms with van der Waals surface area (Å²) in [5, 5.41) is 0.250. The van der Waals surface area contributed by atoms with Crippen LogP contribution in [0, 0.1) is 0 Å². The minimum atomic E-state index is -1.22. The zero-order valence-electron chi connectivity index (χ0n) is 12.5. The Balaban J connectivity index is 2.52. The molecule has 0 aliphatic heterocycles. The molecule has 0 amide bonds. The Morgan fingerprint density at radius 3 is 2.53 bits per heavy atom. The molecule has 106 valence electrons. The maximum Gasteiger partial charge on any atom is 0.179 e. The van der Waals surface area contributed by atoms with E-state index in [1.807, 2.05) is 25.1 Å². The molecule has 0 saturated carbocycles. The third-order valence-electron chi connectivity index (χ3n) is 3.17. The summed E-state index contributed by atoms with van der Waals surface area (Å²) in [5.74, 6) is 0.624. The Morgan fingerprint density at radius 1 is 1.32 bits per heavy atom. The summed E-state index contributed by atoms with van der Waals surface area (Å²) in [6.45, 7) is 11.3. The molecule has 0 radical (unpaired) electrons. The Hall–Kier alpha value is -1.13. The second kappa shape index (κ2) is 6.87. The van der Waals surface area contributed by atoms with E-state index in [4.69, 9.17) is 9.16 Å². The molecule has 0 saturated heterocycles. The number of carbonyl (C=O) groups is 1. The van der Waals surface area contributed by atoms with Crippen molar-refractivity contribution in [3.8, 4) is 5.75 Å². The highest BCUT2D eigenvalue weighted by molar-refractivity contribution is 6.53. The van der Waals surface area contributed by atoms with Crippen molar-refractivity contribution in [2.75, 3.05) is 6.61 Å². The van der Waals surface area contributed by atoms with E-state index in [2.05, 4.69) is 27.3 Å². The van der Waals surface area contributed by atoms with Crippen LogP contribution < -0.4 is 4.74 Å². The predicted octanol–water partition coefficient (Wildman–Crippen LogP) is 3.44. The molecule has 0 heterocycles. The van der Waals surface area contributed by atoms with Crippen LogP contribution in [0.2, 0.25) is 11.6 Å². The Labute approximate surface area is 117 Å². The quantitative estimate of drug-likeness (QED) is 0.591. The number of aldehydes is 1. The molecule has 19 heavy (non-hydrogen) atoms. The van der Waals surface area contributed by atoms with Crippen LogP contribution in [0.25, 0.3) is 0 Å². The summed E-state index contributed by atoms with van der Waals surface area (Å²) >= 11 is 0. The molecule has 0 aliphatic rings. The first-order chi connectivity index (χ1) is 8.84. The van der Waals surface area contributed by atoms with E-state index in [1.165, 1.54) is 0 Å². The zero-order valence-corrected chi connectivity index (χ0v) is 13.6. The molecular weight excluding hydrogens is 256 g/mol. The summed E-state index contributed by atoms with van der Waals surface area (Å²) in [6, 6.07) is 7.25. The molecule has 0 fully saturated rings. The van der Waals surface area contributed by atoms with Gasteiger partial charge in [0.2, 0.25) is 0 Å². The third-order valence-corrected chi connectivity index (χ3v) is 6.31. The summed E-state index contributed by atoms with van der Waals surface area (Å²) in [4.78, 5) is 10.9. The van der Waals surface area contributed by atoms with Crippen LogP contribution in [-0.2, 0) is 4.43 Å². The lowest BCUT2D eigenvalue weighted by Crippen LogP contribution is -2.31. The summed E-state index contributed by atoms with van der Waals surface area (Å²) in [7, 11) is -1.22. The van der Waals surface area contributed by atoms with E-state index in [9.17, 15) is 4.79 Å². The first kappa shape index (κ1) is 15.9. The molecule has 2 atom stereocenters. The van der Waals surface area contributed by atoms with E-state index < -0.39 is 9.04 Å². The van der Waals surface area contributed by atoms with Gasteiger partial charge in [-0.3, -0.25) is 4.79 Å². The number of hydrogen-bond donors (Lipinski definition) is 0. The van der Waals surface area contributed by atoms with E-state index in [1.54, 1.807) is 6.07 Å². The first-order valence-corrected chi connectivity index (χ1v) is 8.87. The Morgan fingerprint density at radius 2 is 1.95 bits per heavy atom. The maximum atomic E-state index is 10.9. The lowest BCUT2D eigenvalue weighted by atomic mass is 10.2. The van der Waals surface area contributed by atoms with Crippen molar-refractivity contribution in [3.63, 3.8) is 0 Å². The number of carbonyl (C=O) groups excluding carboxylic acids is 1. The van der Waals surface area contributed by atoms with Crippen molar-refractivity contribution in [2.24, 2.45) is 0 Å². The van der Waals surface area contributed by atoms with Crippen LogP contribution >= 0.6 is 0 Å². The molecule has 1 rings (SSSR count). The minimum Gasteiger partial charge on any atom is -0.488 e. The summed E-state index contributed by atoms with van der Waals surface area (Å²) in [6.07, 6.45) is 0.758. The second-order valence-corrected chi connectivity index (χ2v) is 9.28. The molecule has 0 N–H and O–H groups in total. The number of ether oxygens (including phenoxy) is 1. The Kier molecular flexibility index (Phi) is 5.75. The molecule has 0 aromatic heterocycles. The van der Waals surface area contributed by atoms with Gasteiger partial charge < -0.3 is 9.16 Å². The van der Waals surface area contributed by atoms with Gasteiger partial charge in [-0.25, -0.2) is 0 Å². The highest BCUT2D eigenvalue weighted by Gasteiger charge is 2.23. The summed E-state index contributed by atoms with van der Waals surface area (Å²) in [5.41, 5.74) is 0.579. The van der Waals surface area contributed by atoms with E-state index in [0.29, 0.717) is 17.9 Å². The average Bonchev–Trinajstić information content (AvgIpc) is 2.35. The largest absolute Gasteiger partial charge is 0.488 e. The van der Waals surface area contributed by atoms with Gasteiger partial charge >= 0.3 is 0 Å². The van der Waals surface area contributed by atoms with Crippen LogP contribution in [0.15, 0.2) is 24.3 Å². The monoisotopic (exact) mass is 280 g/mol. The first-order valence-electron chi connectivity index (χ1n) is 6.67. The number of hydrogen-bond acceptors (Lipinski definition) is 3. The molecule has 4 heteroatoms. The van der Waals surface area contributed by atoms with Crippen molar-refractivity contribution >= 4 is 15.3 Å². The van der Waals surface area contributed by atoms with Crippen molar-refractivity contribution < 1.29 is 14.0 Å². The zero-order chi connectivity index (χ0) is 14.5. The topological polar surface area (TPSA) is 35.5 Å². The maximum absolute atomic E-state index is 10.9. The van der Waals surface area contributed by atoms with Gasteiger partial charge in [-0.05, 0) is 30.6 Å². The van der Waals surface area contributed by atoms with Crippen LogP contribution in [0.4, 0.5) is 0 Å². The standard InChI is InChI=1S/C15H24O3Si/c1-12(11-17-19(5)15(2,3)4)18-14-9-7-6-8-13(14)10-16/h6-10,12,19H,11H2,1-5H3. The average molecular weight is 280 g/mol. The van der Waals surface area contributed by atoms with Crippen LogP contribution in [0.3, 0.4) is 0 Å². The minimum absolute atomic E-state index is 0.0570. The fourth-order valence-electron chi connectivity index (χ4n) is 1.47. The van der Waals surface area contributed by atoms with Gasteiger partial charge in [0.1, 0.15) is 11.9 Å². The fourth-order valence-corrected chi connectivity index (χ4v) is 2.53. The van der Waals surface area contributed by atoms with Crippen LogP contribution in [0.1, 0.15) is 38.1 Å². The van der Waals surface area contributed by atoms with Crippen LogP contribution in [0.5, 0.6) is 5.75 Å². The number of rotatable bonds is 6. The third kappa shape index (κ3) is 5.16. The van der Waals surface area contributed by atoms with Crippen LogP contribution in [-0.4, -0.2) is 28.0 Å². The predicted molar refractivity (Wildman–Crippen MR) is 80.6 cm³/mol. The van der Waals surface area contributed by atoms with Gasteiger partial charge in [0.15, 0.2) is 15.3 Å². The molecule has 3 nitrogen and oxygen atoms in total. The Bertz CT molecular complexity index is 412. The van der Waals surface area contributed by atoms with E-state index >= 15 is 0 Å². The smallest absolute Gasteiger partial charge is 0.179 e. The van der Waals surface area contributed by atoms with Gasteiger partial charge in [-0.2, -0.15) is 0 Å². The highest BCUT2D eigenvalue weighted by Crippen LogP contribution is 2.27. The van der Waals surface area contributed by atoms with Crippen molar-refractivity contribution in [1.82, 2.24) is 0 Å². The molecule has 0 bridgehead atoms. The molecular formula is C15H24O3Si. The molecule has 1 aromatic rings. The highest BCUT2D eigenvalue weighted by atomic mass is 28.3. The molecule has 0 aliphatic carbocycles. The van der Waals surface area contributed by atoms with Gasteiger partial charge in [-0.1, -0.05) is 32.9 Å². The number of para-hydroxylation sites is 1. The normalized spacial score (nSPS) is 14.8. The van der Waals surface area contributed by atoms with Gasteiger partial charge in [0.05, 0.1) is 12.2 Å². The van der Waals surface area contributed by atoms with Crippen molar-refractivity contribution in [1.29, 1.82) is 0 Å². The van der Waals surface area contributed by atoms with Gasteiger partial charge in [0, 0.05) is 0 Å². The van der Waals surface area contributed by atoms with Gasteiger partial charge in [-0.15, -0.1) is 0 Å². The molecule has 0 spiro atoms. The summed E-state index contributed by atoms with van der Waals surface area (Å²) < 4.78 is 11.7. The van der Waals surface area contributed by atoms with Gasteiger partial charge in [0.25, 0.3) is 0 Å².